The van der Waals surface area contributed by atoms with Gasteiger partial charge in [0.2, 0.25) is 0 Å². The number of benzene rings is 4. The van der Waals surface area contributed by atoms with Crippen molar-refractivity contribution in [3.05, 3.63) is 114 Å². The lowest BCUT2D eigenvalue weighted by Crippen LogP contribution is -2.37. The summed E-state index contributed by atoms with van der Waals surface area (Å²) in [6.07, 6.45) is 2.24. The van der Waals surface area contributed by atoms with Gasteiger partial charge in [-0.1, -0.05) is 72.8 Å². The van der Waals surface area contributed by atoms with Gasteiger partial charge in [-0.25, -0.2) is 4.98 Å². The van der Waals surface area contributed by atoms with Gasteiger partial charge in [0.1, 0.15) is 18.5 Å². The summed E-state index contributed by atoms with van der Waals surface area (Å²) < 4.78 is 36.7. The van der Waals surface area contributed by atoms with Crippen molar-refractivity contribution in [3.63, 3.8) is 0 Å². The fourth-order valence-electron chi connectivity index (χ4n) is 5.90. The maximum Gasteiger partial charge on any atom is 0.335 e. The molecule has 1 aromatic heterocycles. The van der Waals surface area contributed by atoms with E-state index in [1.807, 2.05) is 80.6 Å². The molecule has 1 N–H and O–H groups in total. The van der Waals surface area contributed by atoms with Crippen molar-refractivity contribution in [2.75, 3.05) is 26.3 Å². The Balaban J connectivity index is 1.02. The van der Waals surface area contributed by atoms with E-state index in [1.54, 1.807) is 0 Å². The smallest absolute Gasteiger partial charge is 0.335 e. The second kappa shape index (κ2) is 15.1. The van der Waals surface area contributed by atoms with Crippen molar-refractivity contribution in [1.29, 1.82) is 0 Å². The number of H-pyrrole nitrogens is 1. The Kier molecular flexibility index (Phi) is 10.5. The number of aromatic amines is 1. The van der Waals surface area contributed by atoms with Crippen molar-refractivity contribution in [3.8, 4) is 22.9 Å². The van der Waals surface area contributed by atoms with Crippen LogP contribution in [-0.2, 0) is 32.9 Å². The highest BCUT2D eigenvalue weighted by atomic mass is 31.2. The first-order chi connectivity index (χ1) is 22.5. The normalized spacial score (nSPS) is 14.5. The molecule has 2 heterocycles. The van der Waals surface area contributed by atoms with E-state index in [2.05, 4.69) is 40.2 Å². The molecule has 46 heavy (non-hydrogen) atoms. The first-order valence-corrected chi connectivity index (χ1v) is 17.8. The molecule has 1 saturated heterocycles. The number of nitrogens with one attached hydrogen (secondary N) is 1. The van der Waals surface area contributed by atoms with Crippen LogP contribution in [0.25, 0.3) is 22.4 Å². The standard InChI is InChI=1S/C37H42N3O5P/c1-3-43-46(41,44-4-2)27-30-12-10-11-29(23-30)26-42-35-15-8-9-16-36(35)45-32-19-21-40(22-20-32)25-28-17-18-33-34(24-28)39-37(38-33)31-13-6-5-7-14-31/h5-18,23-24,32H,3-4,19-22,25-27H2,1-2H3,(H,38,39). The summed E-state index contributed by atoms with van der Waals surface area (Å²) in [6, 6.07) is 32.5. The highest BCUT2D eigenvalue weighted by Gasteiger charge is 2.25. The van der Waals surface area contributed by atoms with Gasteiger partial charge in [-0.2, -0.15) is 0 Å². The van der Waals surface area contributed by atoms with Crippen molar-refractivity contribution in [2.45, 2.75) is 52.1 Å². The zero-order valence-electron chi connectivity index (χ0n) is 26.6. The molecule has 0 spiro atoms. The lowest BCUT2D eigenvalue weighted by molar-refractivity contribution is 0.0932. The SMILES string of the molecule is CCOP(=O)(Cc1cccc(COc2ccccc2OC2CCN(Cc3ccc4nc(-c5ccccc5)[nH]c4c3)CC2)c1)OCC. The molecule has 1 fully saturated rings. The minimum Gasteiger partial charge on any atom is -0.486 e. The largest absolute Gasteiger partial charge is 0.486 e. The molecule has 0 unspecified atom stereocenters. The first kappa shape index (κ1) is 32.0. The Morgan fingerprint density at radius 1 is 0.804 bits per heavy atom. The van der Waals surface area contributed by atoms with Gasteiger partial charge >= 0.3 is 7.60 Å². The number of piperidine rings is 1. The minimum atomic E-state index is -3.18. The number of hydrogen-bond donors (Lipinski definition) is 1. The van der Waals surface area contributed by atoms with Crippen molar-refractivity contribution >= 4 is 18.6 Å². The van der Waals surface area contributed by atoms with Crippen LogP contribution in [0.15, 0.2) is 97.1 Å². The predicted octanol–water partition coefficient (Wildman–Crippen LogP) is 8.62. The summed E-state index contributed by atoms with van der Waals surface area (Å²) in [6.45, 7) is 7.52. The third-order valence-corrected chi connectivity index (χ3v) is 10.1. The van der Waals surface area contributed by atoms with Crippen LogP contribution in [0, 0.1) is 0 Å². The van der Waals surface area contributed by atoms with Crippen molar-refractivity contribution < 1.29 is 23.1 Å². The van der Waals surface area contributed by atoms with Crippen LogP contribution in [-0.4, -0.2) is 47.3 Å². The average molecular weight is 640 g/mol. The summed E-state index contributed by atoms with van der Waals surface area (Å²) in [5, 5.41) is 0. The van der Waals surface area contributed by atoms with Crippen LogP contribution in [0.5, 0.6) is 11.5 Å². The number of fused-ring (bicyclic) bond motifs is 1. The summed E-state index contributed by atoms with van der Waals surface area (Å²) in [5.41, 5.74) is 6.28. The predicted molar refractivity (Wildman–Crippen MR) is 182 cm³/mol. The second-order valence-electron chi connectivity index (χ2n) is 11.6. The molecule has 4 aromatic carbocycles. The maximum absolute atomic E-state index is 13.0. The third-order valence-electron chi connectivity index (χ3n) is 8.09. The summed E-state index contributed by atoms with van der Waals surface area (Å²) in [7, 11) is -3.18. The molecule has 6 rings (SSSR count). The van der Waals surface area contributed by atoms with Gasteiger partial charge in [0.15, 0.2) is 11.5 Å². The van der Waals surface area contributed by atoms with E-state index < -0.39 is 7.60 Å². The van der Waals surface area contributed by atoms with E-state index in [9.17, 15) is 4.57 Å². The summed E-state index contributed by atoms with van der Waals surface area (Å²) >= 11 is 0. The minimum absolute atomic E-state index is 0.124. The van der Waals surface area contributed by atoms with E-state index in [-0.39, 0.29) is 12.3 Å². The van der Waals surface area contributed by atoms with E-state index in [0.29, 0.717) is 25.6 Å². The molecular weight excluding hydrogens is 597 g/mol. The number of ether oxygens (including phenoxy) is 2. The molecule has 9 heteroatoms. The van der Waals surface area contributed by atoms with Gasteiger partial charge in [0.05, 0.1) is 30.4 Å². The lowest BCUT2D eigenvalue weighted by atomic mass is 10.1. The number of likely N-dealkylation sites (tertiary alicyclic amines) is 1. The molecular formula is C37H42N3O5P. The van der Waals surface area contributed by atoms with E-state index >= 15 is 0 Å². The van der Waals surface area contributed by atoms with Gasteiger partial charge < -0.3 is 23.5 Å². The molecule has 0 bridgehead atoms. The Morgan fingerprint density at radius 3 is 2.28 bits per heavy atom. The first-order valence-electron chi connectivity index (χ1n) is 16.1. The monoisotopic (exact) mass is 639 g/mol. The Morgan fingerprint density at radius 2 is 1.52 bits per heavy atom. The molecule has 1 aliphatic heterocycles. The number of para-hydroxylation sites is 2. The van der Waals surface area contributed by atoms with Crippen LogP contribution in [0.2, 0.25) is 0 Å². The molecule has 0 amide bonds. The Labute approximate surface area is 271 Å². The molecule has 240 valence electrons. The number of nitrogens with zero attached hydrogens (tertiary/aromatic N) is 2. The zero-order chi connectivity index (χ0) is 31.8. The van der Waals surface area contributed by atoms with Crippen LogP contribution >= 0.6 is 7.60 Å². The van der Waals surface area contributed by atoms with E-state index in [1.165, 1.54) is 5.56 Å². The molecule has 8 nitrogen and oxygen atoms in total. The molecule has 0 aliphatic carbocycles. The number of rotatable bonds is 14. The number of hydrogen-bond acceptors (Lipinski definition) is 7. The molecule has 0 saturated carbocycles. The quantitative estimate of drug-likeness (QED) is 0.122. The number of imidazole rings is 1. The van der Waals surface area contributed by atoms with E-state index in [4.69, 9.17) is 23.5 Å². The van der Waals surface area contributed by atoms with Crippen LogP contribution in [0.3, 0.4) is 0 Å². The summed E-state index contributed by atoms with van der Waals surface area (Å²) in [5.74, 6) is 2.37. The van der Waals surface area contributed by atoms with Crippen LogP contribution < -0.4 is 9.47 Å². The molecule has 5 aromatic rings. The van der Waals surface area contributed by atoms with Crippen molar-refractivity contribution in [2.24, 2.45) is 0 Å². The highest BCUT2D eigenvalue weighted by molar-refractivity contribution is 7.53. The average Bonchev–Trinajstić information content (AvgIpc) is 3.50. The Hall–Kier alpha value is -3.94. The van der Waals surface area contributed by atoms with Crippen LogP contribution in [0.4, 0.5) is 0 Å². The van der Waals surface area contributed by atoms with Gasteiger partial charge in [-0.05, 0) is 67.6 Å². The topological polar surface area (TPSA) is 85.9 Å². The van der Waals surface area contributed by atoms with E-state index in [0.717, 1.165) is 71.8 Å². The van der Waals surface area contributed by atoms with Crippen molar-refractivity contribution in [1.82, 2.24) is 14.9 Å². The molecule has 0 atom stereocenters. The maximum atomic E-state index is 13.0. The van der Waals surface area contributed by atoms with Gasteiger partial charge in [-0.3, -0.25) is 9.46 Å². The number of aromatic nitrogens is 2. The summed E-state index contributed by atoms with van der Waals surface area (Å²) in [4.78, 5) is 10.7. The molecule has 1 aliphatic rings. The molecule has 0 radical (unpaired) electrons. The zero-order valence-corrected chi connectivity index (χ0v) is 27.5. The fourth-order valence-corrected chi connectivity index (χ4v) is 7.59. The fraction of sp³-hybridized carbons (Fsp3) is 0.324. The Bertz CT molecular complexity index is 1760. The van der Waals surface area contributed by atoms with Gasteiger partial charge in [0, 0.05) is 25.2 Å². The van der Waals surface area contributed by atoms with Gasteiger partial charge in [0.25, 0.3) is 0 Å². The highest BCUT2D eigenvalue weighted by Crippen LogP contribution is 2.51. The third kappa shape index (κ3) is 8.25. The lowest BCUT2D eigenvalue weighted by Gasteiger charge is -2.32. The van der Waals surface area contributed by atoms with Gasteiger partial charge in [-0.15, -0.1) is 0 Å². The van der Waals surface area contributed by atoms with Crippen LogP contribution in [0.1, 0.15) is 43.4 Å². The second-order valence-corrected chi connectivity index (χ2v) is 13.6.